The molecule has 0 bridgehead atoms. The predicted octanol–water partition coefficient (Wildman–Crippen LogP) is 4.05. The van der Waals surface area contributed by atoms with Gasteiger partial charge in [-0.25, -0.2) is 0 Å². The van der Waals surface area contributed by atoms with Gasteiger partial charge in [0.25, 0.3) is 0 Å². The third kappa shape index (κ3) is 2.34. The SMILES string of the molecule is Brc1cnccc1-c1ccccc1OC1CC1. The van der Waals surface area contributed by atoms with Crippen molar-refractivity contribution < 1.29 is 4.74 Å². The second-order valence-corrected chi connectivity index (χ2v) is 5.02. The van der Waals surface area contributed by atoms with Crippen LogP contribution in [0.3, 0.4) is 0 Å². The van der Waals surface area contributed by atoms with Crippen LogP contribution in [0.5, 0.6) is 5.75 Å². The fourth-order valence-electron chi connectivity index (χ4n) is 1.75. The molecule has 3 rings (SSSR count). The van der Waals surface area contributed by atoms with E-state index in [9.17, 15) is 0 Å². The summed E-state index contributed by atoms with van der Waals surface area (Å²) in [4.78, 5) is 4.09. The average Bonchev–Trinajstić information content (AvgIpc) is 3.15. The summed E-state index contributed by atoms with van der Waals surface area (Å²) >= 11 is 3.53. The van der Waals surface area contributed by atoms with E-state index in [2.05, 4.69) is 27.0 Å². The lowest BCUT2D eigenvalue weighted by Crippen LogP contribution is -1.97. The summed E-state index contributed by atoms with van der Waals surface area (Å²) in [6.07, 6.45) is 6.37. The van der Waals surface area contributed by atoms with Gasteiger partial charge < -0.3 is 4.74 Å². The van der Waals surface area contributed by atoms with Crippen molar-refractivity contribution >= 4 is 15.9 Å². The molecule has 86 valence electrons. The van der Waals surface area contributed by atoms with E-state index in [0.717, 1.165) is 21.3 Å². The molecule has 1 aromatic heterocycles. The third-order valence-corrected chi connectivity index (χ3v) is 3.40. The van der Waals surface area contributed by atoms with Gasteiger partial charge in [-0.2, -0.15) is 0 Å². The smallest absolute Gasteiger partial charge is 0.127 e. The Bertz CT molecular complexity index is 537. The number of pyridine rings is 1. The first-order valence-corrected chi connectivity index (χ1v) is 6.49. The second-order valence-electron chi connectivity index (χ2n) is 4.17. The summed E-state index contributed by atoms with van der Waals surface area (Å²) in [5, 5.41) is 0. The first kappa shape index (κ1) is 10.8. The normalized spacial score (nSPS) is 14.6. The van der Waals surface area contributed by atoms with Crippen molar-refractivity contribution in [2.45, 2.75) is 18.9 Å². The molecular formula is C14H12BrNO. The molecule has 17 heavy (non-hydrogen) atoms. The molecule has 1 aliphatic carbocycles. The maximum Gasteiger partial charge on any atom is 0.127 e. The van der Waals surface area contributed by atoms with Gasteiger partial charge in [-0.1, -0.05) is 18.2 Å². The topological polar surface area (TPSA) is 22.1 Å². The van der Waals surface area contributed by atoms with Crippen LogP contribution in [0.25, 0.3) is 11.1 Å². The summed E-state index contributed by atoms with van der Waals surface area (Å²) in [6, 6.07) is 10.1. The molecule has 0 N–H and O–H groups in total. The highest BCUT2D eigenvalue weighted by atomic mass is 79.9. The quantitative estimate of drug-likeness (QED) is 0.850. The minimum absolute atomic E-state index is 0.414. The zero-order valence-electron chi connectivity index (χ0n) is 9.27. The molecule has 1 heterocycles. The summed E-state index contributed by atoms with van der Waals surface area (Å²) in [7, 11) is 0. The first-order valence-electron chi connectivity index (χ1n) is 5.70. The molecule has 0 unspecified atom stereocenters. The number of hydrogen-bond acceptors (Lipinski definition) is 2. The summed E-state index contributed by atoms with van der Waals surface area (Å²) in [5.74, 6) is 0.960. The summed E-state index contributed by atoms with van der Waals surface area (Å²) < 4.78 is 6.92. The minimum Gasteiger partial charge on any atom is -0.490 e. The molecule has 3 heteroatoms. The highest BCUT2D eigenvalue weighted by Gasteiger charge is 2.24. The Hall–Kier alpha value is -1.35. The van der Waals surface area contributed by atoms with E-state index in [1.807, 2.05) is 30.5 Å². The van der Waals surface area contributed by atoms with E-state index in [4.69, 9.17) is 4.74 Å². The van der Waals surface area contributed by atoms with E-state index in [1.54, 1.807) is 6.20 Å². The van der Waals surface area contributed by atoms with Crippen LogP contribution in [-0.4, -0.2) is 11.1 Å². The van der Waals surface area contributed by atoms with E-state index < -0.39 is 0 Å². The predicted molar refractivity (Wildman–Crippen MR) is 71.0 cm³/mol. The van der Waals surface area contributed by atoms with Crippen molar-refractivity contribution in [2.75, 3.05) is 0 Å². The number of rotatable bonds is 3. The monoisotopic (exact) mass is 289 g/mol. The van der Waals surface area contributed by atoms with Crippen molar-refractivity contribution in [1.82, 2.24) is 4.98 Å². The zero-order chi connectivity index (χ0) is 11.7. The standard InChI is InChI=1S/C14H12BrNO/c15-13-9-16-8-7-11(13)12-3-1-2-4-14(12)17-10-5-6-10/h1-4,7-10H,5-6H2. The van der Waals surface area contributed by atoms with Crippen LogP contribution in [0, 0.1) is 0 Å². The molecule has 2 nitrogen and oxygen atoms in total. The van der Waals surface area contributed by atoms with Gasteiger partial charge in [0, 0.05) is 28.0 Å². The molecule has 1 aliphatic rings. The molecule has 1 saturated carbocycles. The van der Waals surface area contributed by atoms with Gasteiger partial charge in [0.1, 0.15) is 5.75 Å². The fourth-order valence-corrected chi connectivity index (χ4v) is 2.21. The lowest BCUT2D eigenvalue weighted by Gasteiger charge is -2.11. The third-order valence-electron chi connectivity index (χ3n) is 2.77. The fraction of sp³-hybridized carbons (Fsp3) is 0.214. The number of nitrogens with zero attached hydrogens (tertiary/aromatic N) is 1. The molecule has 0 spiro atoms. The van der Waals surface area contributed by atoms with Crippen LogP contribution < -0.4 is 4.74 Å². The molecule has 2 aromatic rings. The Balaban J connectivity index is 2.04. The molecule has 1 fully saturated rings. The highest BCUT2D eigenvalue weighted by Crippen LogP contribution is 2.37. The van der Waals surface area contributed by atoms with Crippen molar-refractivity contribution in [3.63, 3.8) is 0 Å². The molecule has 0 radical (unpaired) electrons. The lowest BCUT2D eigenvalue weighted by molar-refractivity contribution is 0.304. The Morgan fingerprint density at radius 2 is 1.94 bits per heavy atom. The second kappa shape index (κ2) is 4.49. The maximum atomic E-state index is 5.92. The van der Waals surface area contributed by atoms with E-state index in [-0.39, 0.29) is 0 Å². The summed E-state index contributed by atoms with van der Waals surface area (Å²) in [5.41, 5.74) is 2.24. The molecule has 1 aromatic carbocycles. The Kier molecular flexibility index (Phi) is 2.85. The van der Waals surface area contributed by atoms with Crippen molar-refractivity contribution in [1.29, 1.82) is 0 Å². The van der Waals surface area contributed by atoms with E-state index in [1.165, 1.54) is 12.8 Å². The van der Waals surface area contributed by atoms with E-state index in [0.29, 0.717) is 6.10 Å². The molecule has 0 aliphatic heterocycles. The number of hydrogen-bond donors (Lipinski definition) is 0. The Morgan fingerprint density at radius 1 is 1.12 bits per heavy atom. The lowest BCUT2D eigenvalue weighted by atomic mass is 10.1. The molecule has 0 saturated heterocycles. The Morgan fingerprint density at radius 3 is 2.71 bits per heavy atom. The van der Waals surface area contributed by atoms with Crippen LogP contribution in [-0.2, 0) is 0 Å². The Labute approximate surface area is 109 Å². The molecule has 0 atom stereocenters. The summed E-state index contributed by atoms with van der Waals surface area (Å²) in [6.45, 7) is 0. The largest absolute Gasteiger partial charge is 0.490 e. The van der Waals surface area contributed by atoms with Gasteiger partial charge in [0.15, 0.2) is 0 Å². The van der Waals surface area contributed by atoms with Crippen LogP contribution in [0.1, 0.15) is 12.8 Å². The number of aromatic nitrogens is 1. The van der Waals surface area contributed by atoms with Crippen LogP contribution in [0.15, 0.2) is 47.2 Å². The maximum absolute atomic E-state index is 5.92. The van der Waals surface area contributed by atoms with Crippen LogP contribution in [0.4, 0.5) is 0 Å². The minimum atomic E-state index is 0.414. The van der Waals surface area contributed by atoms with Crippen molar-refractivity contribution in [2.24, 2.45) is 0 Å². The van der Waals surface area contributed by atoms with Gasteiger partial charge in [-0.3, -0.25) is 4.98 Å². The zero-order valence-corrected chi connectivity index (χ0v) is 10.9. The average molecular weight is 290 g/mol. The number of halogens is 1. The van der Waals surface area contributed by atoms with Crippen LogP contribution >= 0.6 is 15.9 Å². The number of benzene rings is 1. The molecule has 0 amide bonds. The van der Waals surface area contributed by atoms with Crippen molar-refractivity contribution in [3.05, 3.63) is 47.2 Å². The first-order chi connectivity index (χ1) is 8.34. The number of para-hydroxylation sites is 1. The van der Waals surface area contributed by atoms with Gasteiger partial charge in [-0.15, -0.1) is 0 Å². The number of ether oxygens (including phenoxy) is 1. The van der Waals surface area contributed by atoms with Gasteiger partial charge in [-0.05, 0) is 40.9 Å². The van der Waals surface area contributed by atoms with E-state index >= 15 is 0 Å². The molecular weight excluding hydrogens is 278 g/mol. The van der Waals surface area contributed by atoms with Gasteiger partial charge >= 0.3 is 0 Å². The van der Waals surface area contributed by atoms with Crippen LogP contribution in [0.2, 0.25) is 0 Å². The highest BCUT2D eigenvalue weighted by molar-refractivity contribution is 9.10. The van der Waals surface area contributed by atoms with Gasteiger partial charge in [0.2, 0.25) is 0 Å². The van der Waals surface area contributed by atoms with Crippen molar-refractivity contribution in [3.8, 4) is 16.9 Å². The van der Waals surface area contributed by atoms with Gasteiger partial charge in [0.05, 0.1) is 6.10 Å².